The number of aliphatic hydroxyl groups excluding tert-OH is 2. The molecular formula is C43H74Cl2N2O12. The number of halogens is 2. The van der Waals surface area contributed by atoms with Crippen molar-refractivity contribution < 1.29 is 74.5 Å². The monoisotopic (exact) mass is 880 g/mol. The number of nitrogens with zero attached hydrogens (tertiary/aromatic N) is 1. The quantitative estimate of drug-likeness (QED) is 0.0634. The van der Waals surface area contributed by atoms with Crippen LogP contribution in [0.25, 0.3) is 0 Å². The number of likely N-dealkylation sites (tertiary alicyclic amines) is 1. The number of hydrogen-bond acceptors (Lipinski definition) is 13. The maximum atomic E-state index is 8.66. The highest BCUT2D eigenvalue weighted by Gasteiger charge is 2.32. The fourth-order valence-corrected chi connectivity index (χ4v) is 6.72. The molecule has 1 unspecified atom stereocenters. The molecule has 3 rings (SSSR count). The topological polar surface area (TPSA) is 159 Å². The van der Waals surface area contributed by atoms with Crippen LogP contribution in [0.4, 0.5) is 0 Å². The van der Waals surface area contributed by atoms with Crippen LogP contribution in [0.2, 0.25) is 0 Å². The van der Waals surface area contributed by atoms with Gasteiger partial charge in [0.2, 0.25) is 0 Å². The Morgan fingerprint density at radius 3 is 1.14 bits per heavy atom. The first-order chi connectivity index (χ1) is 28.1. The first kappa shape index (κ1) is 55.2. The zero-order chi connectivity index (χ0) is 40.3. The number of quaternary nitrogens is 1. The van der Waals surface area contributed by atoms with Crippen LogP contribution in [0.5, 0.6) is 11.5 Å². The first-order valence-corrected chi connectivity index (χ1v) is 21.0. The summed E-state index contributed by atoms with van der Waals surface area (Å²) in [6.45, 7) is 13.3. The Kier molecular flexibility index (Phi) is 35.4. The van der Waals surface area contributed by atoms with E-state index in [1.165, 1.54) is 24.1 Å². The largest absolute Gasteiger partial charge is 1.00 e. The maximum absolute atomic E-state index is 8.66. The molecule has 1 saturated heterocycles. The average Bonchev–Trinajstić information content (AvgIpc) is 3.22. The van der Waals surface area contributed by atoms with Gasteiger partial charge in [0.05, 0.1) is 151 Å². The lowest BCUT2D eigenvalue weighted by atomic mass is 10.00. The highest BCUT2D eigenvalue weighted by Crippen LogP contribution is 2.23. The van der Waals surface area contributed by atoms with Crippen molar-refractivity contribution in [2.45, 2.75) is 44.6 Å². The third-order valence-electron chi connectivity index (χ3n) is 9.57. The Morgan fingerprint density at radius 1 is 0.492 bits per heavy atom. The van der Waals surface area contributed by atoms with Crippen LogP contribution >= 0.6 is 12.4 Å². The van der Waals surface area contributed by atoms with Gasteiger partial charge in [0.1, 0.15) is 24.7 Å². The standard InChI is InChI=1S/C43H73N2O12.2ClH/c44-41-6-3-17-45(38-41,15-1-4-39-7-11-42(12-8-39)56-36-34-54-32-30-52-28-26-50-24-22-48-20-18-46)16-2-5-40-9-13-43(14-10-40)57-37-35-55-33-31-53-29-27-51-25-23-49-21-19-47;;/h7-14,41,46-47H,1-6,15-38,44H2;2*1H/q+1;;/p-1. The highest BCUT2D eigenvalue weighted by atomic mass is 35.5. The smallest absolute Gasteiger partial charge is 0.119 e. The van der Waals surface area contributed by atoms with Gasteiger partial charge in [-0.1, -0.05) is 24.3 Å². The maximum Gasteiger partial charge on any atom is 0.119 e. The Labute approximate surface area is 365 Å². The highest BCUT2D eigenvalue weighted by molar-refractivity contribution is 5.85. The van der Waals surface area contributed by atoms with Crippen LogP contribution in [-0.2, 0) is 50.7 Å². The molecule has 14 nitrogen and oxygen atoms in total. The molecule has 4 N–H and O–H groups in total. The van der Waals surface area contributed by atoms with Crippen molar-refractivity contribution in [3.05, 3.63) is 59.7 Å². The van der Waals surface area contributed by atoms with E-state index in [2.05, 4.69) is 48.5 Å². The third kappa shape index (κ3) is 28.4. The van der Waals surface area contributed by atoms with E-state index in [1.807, 2.05) is 0 Å². The summed E-state index contributed by atoms with van der Waals surface area (Å²) in [5, 5.41) is 17.3. The van der Waals surface area contributed by atoms with Gasteiger partial charge >= 0.3 is 0 Å². The Morgan fingerprint density at radius 2 is 0.814 bits per heavy atom. The third-order valence-corrected chi connectivity index (χ3v) is 9.57. The predicted molar refractivity (Wildman–Crippen MR) is 225 cm³/mol. The van der Waals surface area contributed by atoms with Gasteiger partial charge in [-0.15, -0.1) is 12.4 Å². The summed E-state index contributed by atoms with van der Waals surface area (Å²) in [5.41, 5.74) is 9.19. The fraction of sp³-hybridized carbons (Fsp3) is 0.721. The van der Waals surface area contributed by atoms with Crippen molar-refractivity contribution in [2.75, 3.05) is 158 Å². The van der Waals surface area contributed by atoms with Gasteiger partial charge < -0.3 is 80.2 Å². The van der Waals surface area contributed by atoms with Crippen molar-refractivity contribution in [3.63, 3.8) is 0 Å². The van der Waals surface area contributed by atoms with Crippen LogP contribution in [0.3, 0.4) is 0 Å². The van der Waals surface area contributed by atoms with Gasteiger partial charge in [-0.25, -0.2) is 0 Å². The summed E-state index contributed by atoms with van der Waals surface area (Å²) in [4.78, 5) is 0. The zero-order valence-corrected chi connectivity index (χ0v) is 36.8. The molecule has 1 atom stereocenters. The van der Waals surface area contributed by atoms with Gasteiger partial charge in [-0.05, 0) is 61.1 Å². The van der Waals surface area contributed by atoms with Crippen LogP contribution in [0, 0.1) is 0 Å². The molecule has 0 radical (unpaired) electrons. The van der Waals surface area contributed by atoms with Gasteiger partial charge in [0, 0.05) is 12.8 Å². The number of hydrogen-bond donors (Lipinski definition) is 3. The molecule has 0 aromatic heterocycles. The molecule has 59 heavy (non-hydrogen) atoms. The molecule has 0 amide bonds. The van der Waals surface area contributed by atoms with E-state index in [0.717, 1.165) is 67.7 Å². The number of ether oxygens (including phenoxy) is 10. The van der Waals surface area contributed by atoms with E-state index in [4.69, 9.17) is 63.3 Å². The lowest BCUT2D eigenvalue weighted by molar-refractivity contribution is -0.933. The number of nitrogens with two attached hydrogens (primary N) is 1. The second-order valence-electron chi connectivity index (χ2n) is 14.1. The van der Waals surface area contributed by atoms with Gasteiger partial charge in [-0.2, -0.15) is 0 Å². The van der Waals surface area contributed by atoms with Crippen LogP contribution in [-0.4, -0.2) is 179 Å². The Balaban J connectivity index is 0.00000870. The van der Waals surface area contributed by atoms with Crippen molar-refractivity contribution in [1.82, 2.24) is 0 Å². The average molecular weight is 882 g/mol. The lowest BCUT2D eigenvalue weighted by Gasteiger charge is -2.44. The fourth-order valence-electron chi connectivity index (χ4n) is 6.72. The number of aryl methyl sites for hydroxylation is 2. The van der Waals surface area contributed by atoms with Crippen LogP contribution in [0.15, 0.2) is 48.5 Å². The van der Waals surface area contributed by atoms with E-state index in [0.29, 0.717) is 119 Å². The number of piperidine rings is 1. The van der Waals surface area contributed by atoms with Crippen molar-refractivity contribution in [1.29, 1.82) is 0 Å². The van der Waals surface area contributed by atoms with Crippen LogP contribution < -0.4 is 27.6 Å². The molecular weight excluding hydrogens is 807 g/mol. The SMILES string of the molecule is Cl.NC1CCC[N+](CCCc2ccc(OCCOCCOCCOCCOCCO)cc2)(CCCc2ccc(OCCOCCOCCOCCOCCO)cc2)C1.[Cl-]. The molecule has 1 fully saturated rings. The first-order valence-electron chi connectivity index (χ1n) is 21.0. The van der Waals surface area contributed by atoms with Gasteiger partial charge in [0.25, 0.3) is 0 Å². The molecule has 342 valence electrons. The van der Waals surface area contributed by atoms with Crippen LogP contribution in [0.1, 0.15) is 36.8 Å². The minimum atomic E-state index is 0. The minimum absolute atomic E-state index is 0. The van der Waals surface area contributed by atoms with Gasteiger partial charge in [0.15, 0.2) is 0 Å². The molecule has 1 heterocycles. The summed E-state index contributed by atoms with van der Waals surface area (Å²) < 4.78 is 56.1. The van der Waals surface area contributed by atoms with Crippen molar-refractivity contribution >= 4 is 12.4 Å². The number of benzene rings is 2. The number of rotatable bonds is 38. The minimum Gasteiger partial charge on any atom is -1.00 e. The van der Waals surface area contributed by atoms with E-state index in [-0.39, 0.29) is 44.1 Å². The van der Waals surface area contributed by atoms with Crippen molar-refractivity contribution in [2.24, 2.45) is 5.73 Å². The van der Waals surface area contributed by atoms with Crippen molar-refractivity contribution in [3.8, 4) is 11.5 Å². The second-order valence-corrected chi connectivity index (χ2v) is 14.1. The summed E-state index contributed by atoms with van der Waals surface area (Å²) in [5.74, 6) is 1.71. The van der Waals surface area contributed by atoms with E-state index < -0.39 is 0 Å². The summed E-state index contributed by atoms with van der Waals surface area (Å²) >= 11 is 0. The molecule has 0 spiro atoms. The van der Waals surface area contributed by atoms with E-state index in [9.17, 15) is 0 Å². The van der Waals surface area contributed by atoms with E-state index >= 15 is 0 Å². The predicted octanol–water partition coefficient (Wildman–Crippen LogP) is 0.491. The lowest BCUT2D eigenvalue weighted by Crippen LogP contribution is -3.00. The summed E-state index contributed by atoms with van der Waals surface area (Å²) in [6.07, 6.45) is 6.68. The zero-order valence-electron chi connectivity index (χ0n) is 35.2. The molecule has 2 aromatic carbocycles. The summed E-state index contributed by atoms with van der Waals surface area (Å²) in [7, 11) is 0. The molecule has 0 bridgehead atoms. The normalized spacial score (nSPS) is 14.7. The molecule has 1 aliphatic heterocycles. The molecule has 0 saturated carbocycles. The summed E-state index contributed by atoms with van der Waals surface area (Å²) in [6, 6.07) is 17.2. The van der Waals surface area contributed by atoms with E-state index in [1.54, 1.807) is 0 Å². The van der Waals surface area contributed by atoms with Gasteiger partial charge in [-0.3, -0.25) is 0 Å². The molecule has 1 aliphatic rings. The Hall–Kier alpha value is -1.86. The second kappa shape index (κ2) is 37.9. The number of aliphatic hydroxyl groups is 2. The molecule has 2 aromatic rings. The molecule has 0 aliphatic carbocycles. The Bertz CT molecular complexity index is 1120. The molecule has 16 heteroatoms.